The summed E-state index contributed by atoms with van der Waals surface area (Å²) in [6.45, 7) is 3.94. The zero-order valence-electron chi connectivity index (χ0n) is 19.9. The highest BCUT2D eigenvalue weighted by Crippen LogP contribution is 2.28. The highest BCUT2D eigenvalue weighted by molar-refractivity contribution is 6.31. The number of aryl methyl sites for hydroxylation is 1. The Morgan fingerprint density at radius 2 is 1.75 bits per heavy atom. The first-order chi connectivity index (χ1) is 17.3. The number of halogens is 2. The fourth-order valence-corrected chi connectivity index (χ4v) is 3.43. The monoisotopic (exact) mass is 529 g/mol. The van der Waals surface area contributed by atoms with Gasteiger partial charge in [0.05, 0.1) is 19.9 Å². The van der Waals surface area contributed by atoms with Gasteiger partial charge < -0.3 is 19.5 Å². The van der Waals surface area contributed by atoms with Crippen LogP contribution in [-0.4, -0.2) is 38.4 Å². The molecule has 3 aromatic rings. The molecule has 188 valence electrons. The van der Waals surface area contributed by atoms with Crippen molar-refractivity contribution in [1.82, 2.24) is 5.43 Å². The van der Waals surface area contributed by atoms with Gasteiger partial charge in [-0.15, -0.1) is 0 Å². The predicted molar refractivity (Wildman–Crippen MR) is 141 cm³/mol. The number of anilines is 1. The van der Waals surface area contributed by atoms with Crippen LogP contribution in [0.3, 0.4) is 0 Å². The van der Waals surface area contributed by atoms with Gasteiger partial charge in [-0.3, -0.25) is 9.59 Å². The van der Waals surface area contributed by atoms with Crippen LogP contribution >= 0.6 is 23.2 Å². The third-order valence-corrected chi connectivity index (χ3v) is 5.52. The van der Waals surface area contributed by atoms with Crippen LogP contribution in [0.1, 0.15) is 28.4 Å². The zero-order valence-corrected chi connectivity index (χ0v) is 21.4. The Balaban J connectivity index is 1.63. The molecule has 0 spiro atoms. The van der Waals surface area contributed by atoms with Gasteiger partial charge in [0, 0.05) is 26.9 Å². The van der Waals surface area contributed by atoms with Gasteiger partial charge in [-0.25, -0.2) is 5.43 Å². The van der Waals surface area contributed by atoms with E-state index < -0.39 is 5.91 Å². The van der Waals surface area contributed by atoms with E-state index in [-0.39, 0.29) is 12.5 Å². The summed E-state index contributed by atoms with van der Waals surface area (Å²) in [5.41, 5.74) is 4.72. The Morgan fingerprint density at radius 1 is 0.972 bits per heavy atom. The first-order valence-corrected chi connectivity index (χ1v) is 11.7. The Labute approximate surface area is 219 Å². The fourth-order valence-electron chi connectivity index (χ4n) is 3.07. The van der Waals surface area contributed by atoms with Gasteiger partial charge in [0.1, 0.15) is 5.75 Å². The van der Waals surface area contributed by atoms with E-state index in [9.17, 15) is 9.59 Å². The Morgan fingerprint density at radius 3 is 2.47 bits per heavy atom. The maximum Gasteiger partial charge on any atom is 0.271 e. The number of ether oxygens (including phenoxy) is 3. The molecule has 0 radical (unpaired) electrons. The van der Waals surface area contributed by atoms with E-state index in [4.69, 9.17) is 37.4 Å². The number of nitrogens with one attached hydrogen (secondary N) is 2. The van der Waals surface area contributed by atoms with Crippen LogP contribution in [-0.2, 0) is 4.79 Å². The van der Waals surface area contributed by atoms with E-state index in [0.717, 1.165) is 5.56 Å². The van der Waals surface area contributed by atoms with Gasteiger partial charge in [0.25, 0.3) is 11.8 Å². The van der Waals surface area contributed by atoms with Crippen LogP contribution in [0.5, 0.6) is 17.2 Å². The van der Waals surface area contributed by atoms with E-state index in [1.165, 1.54) is 13.3 Å². The minimum absolute atomic E-state index is 0.258. The van der Waals surface area contributed by atoms with Crippen LogP contribution in [0.25, 0.3) is 0 Å². The molecule has 0 aliphatic heterocycles. The molecule has 0 aliphatic carbocycles. The normalized spacial score (nSPS) is 10.7. The SMILES string of the molecule is CCOc1ccc(C(=O)N/N=C/c2cc(Cl)ccc2OCC(=O)Nc2ccc(C)c(Cl)c2)cc1OC. The van der Waals surface area contributed by atoms with E-state index in [1.807, 2.05) is 19.9 Å². The molecule has 10 heteroatoms. The maximum atomic E-state index is 12.5. The molecular weight excluding hydrogens is 505 g/mol. The molecule has 0 heterocycles. The quantitative estimate of drug-likeness (QED) is 0.267. The van der Waals surface area contributed by atoms with Gasteiger partial charge in [-0.1, -0.05) is 29.3 Å². The minimum Gasteiger partial charge on any atom is -0.493 e. The average molecular weight is 530 g/mol. The van der Waals surface area contributed by atoms with Gasteiger partial charge in [0.15, 0.2) is 18.1 Å². The number of hydrazone groups is 1. The highest BCUT2D eigenvalue weighted by atomic mass is 35.5. The maximum absolute atomic E-state index is 12.5. The van der Waals surface area contributed by atoms with Crippen LogP contribution in [0.15, 0.2) is 59.7 Å². The lowest BCUT2D eigenvalue weighted by Crippen LogP contribution is -2.20. The molecule has 0 unspecified atom stereocenters. The zero-order chi connectivity index (χ0) is 26.1. The number of hydrogen-bond donors (Lipinski definition) is 2. The summed E-state index contributed by atoms with van der Waals surface area (Å²) in [4.78, 5) is 24.8. The summed E-state index contributed by atoms with van der Waals surface area (Å²) in [7, 11) is 1.49. The molecule has 0 aliphatic rings. The second-order valence-electron chi connectivity index (χ2n) is 7.48. The summed E-state index contributed by atoms with van der Waals surface area (Å²) in [5.74, 6) is 0.511. The van der Waals surface area contributed by atoms with E-state index >= 15 is 0 Å². The summed E-state index contributed by atoms with van der Waals surface area (Å²) in [6, 6.07) is 14.9. The second-order valence-corrected chi connectivity index (χ2v) is 8.32. The van der Waals surface area contributed by atoms with Crippen LogP contribution in [0.4, 0.5) is 5.69 Å². The van der Waals surface area contributed by atoms with Crippen molar-refractivity contribution in [3.63, 3.8) is 0 Å². The van der Waals surface area contributed by atoms with E-state index in [1.54, 1.807) is 48.5 Å². The molecule has 3 aromatic carbocycles. The minimum atomic E-state index is -0.451. The first kappa shape index (κ1) is 26.8. The number of methoxy groups -OCH3 is 1. The predicted octanol–water partition coefficient (Wildman–Crippen LogP) is 5.49. The molecular formula is C26H25Cl2N3O5. The first-order valence-electron chi connectivity index (χ1n) is 10.9. The van der Waals surface area contributed by atoms with Crippen molar-refractivity contribution in [1.29, 1.82) is 0 Å². The number of rotatable bonds is 10. The summed E-state index contributed by atoms with van der Waals surface area (Å²) in [5, 5.41) is 7.71. The molecule has 36 heavy (non-hydrogen) atoms. The van der Waals surface area contributed by atoms with Crippen LogP contribution < -0.4 is 25.0 Å². The standard InChI is InChI=1S/C26H25Cl2N3O5/c1-4-35-23-9-6-17(12-24(23)34-3)26(33)31-29-14-18-11-19(27)7-10-22(18)36-15-25(32)30-20-8-5-16(2)21(28)13-20/h5-14H,4,15H2,1-3H3,(H,30,32)(H,31,33)/b29-14+. The van der Waals surface area contributed by atoms with E-state index in [2.05, 4.69) is 15.8 Å². The average Bonchev–Trinajstić information content (AvgIpc) is 2.86. The number of nitrogens with zero attached hydrogens (tertiary/aromatic N) is 1. The third-order valence-electron chi connectivity index (χ3n) is 4.88. The molecule has 0 atom stereocenters. The summed E-state index contributed by atoms with van der Waals surface area (Å²) >= 11 is 12.2. The lowest BCUT2D eigenvalue weighted by molar-refractivity contribution is -0.118. The number of carbonyl (C=O) groups is 2. The molecule has 0 fully saturated rings. The van der Waals surface area contributed by atoms with E-state index in [0.29, 0.717) is 50.7 Å². The molecule has 8 nitrogen and oxygen atoms in total. The fraction of sp³-hybridized carbons (Fsp3) is 0.192. The topological polar surface area (TPSA) is 98.3 Å². The largest absolute Gasteiger partial charge is 0.493 e. The lowest BCUT2D eigenvalue weighted by atomic mass is 10.2. The van der Waals surface area contributed by atoms with Crippen molar-refractivity contribution < 1.29 is 23.8 Å². The smallest absolute Gasteiger partial charge is 0.271 e. The molecule has 3 rings (SSSR count). The molecule has 0 bridgehead atoms. The summed E-state index contributed by atoms with van der Waals surface area (Å²) in [6.07, 6.45) is 1.38. The van der Waals surface area contributed by atoms with Crippen molar-refractivity contribution >= 4 is 46.9 Å². The number of carbonyl (C=O) groups excluding carboxylic acids is 2. The number of amides is 2. The molecule has 2 amide bonds. The number of hydrogen-bond acceptors (Lipinski definition) is 6. The molecule has 0 saturated carbocycles. The van der Waals surface area contributed by atoms with Gasteiger partial charge in [0.2, 0.25) is 0 Å². The second kappa shape index (κ2) is 12.8. The van der Waals surface area contributed by atoms with Crippen molar-refractivity contribution in [2.24, 2.45) is 5.10 Å². The van der Waals surface area contributed by atoms with Crippen molar-refractivity contribution in [3.05, 3.63) is 81.3 Å². The van der Waals surface area contributed by atoms with Crippen LogP contribution in [0.2, 0.25) is 10.0 Å². The van der Waals surface area contributed by atoms with Crippen LogP contribution in [0, 0.1) is 6.92 Å². The van der Waals surface area contributed by atoms with Gasteiger partial charge in [-0.2, -0.15) is 5.10 Å². The Kier molecular flexibility index (Phi) is 9.55. The lowest BCUT2D eigenvalue weighted by Gasteiger charge is -2.11. The number of benzene rings is 3. The van der Waals surface area contributed by atoms with Gasteiger partial charge >= 0.3 is 0 Å². The molecule has 0 aromatic heterocycles. The van der Waals surface area contributed by atoms with Crippen molar-refractivity contribution in [3.8, 4) is 17.2 Å². The van der Waals surface area contributed by atoms with Gasteiger partial charge in [-0.05, 0) is 67.9 Å². The van der Waals surface area contributed by atoms with Crippen molar-refractivity contribution in [2.45, 2.75) is 13.8 Å². The molecule has 0 saturated heterocycles. The third kappa shape index (κ3) is 7.37. The van der Waals surface area contributed by atoms with Crippen molar-refractivity contribution in [2.75, 3.05) is 25.6 Å². The Bertz CT molecular complexity index is 1280. The highest BCUT2D eigenvalue weighted by Gasteiger charge is 2.11. The molecule has 2 N–H and O–H groups in total. The summed E-state index contributed by atoms with van der Waals surface area (Å²) < 4.78 is 16.4. The Hall–Kier alpha value is -3.75.